The van der Waals surface area contributed by atoms with Crippen LogP contribution in [0.15, 0.2) is 79.1 Å². The molecule has 2 aromatic carbocycles. The predicted molar refractivity (Wildman–Crippen MR) is 149 cm³/mol. The summed E-state index contributed by atoms with van der Waals surface area (Å²) in [7, 11) is 0. The van der Waals surface area contributed by atoms with Gasteiger partial charge in [-0.2, -0.15) is 0 Å². The molecule has 1 aliphatic heterocycles. The van der Waals surface area contributed by atoms with Crippen molar-refractivity contribution in [2.75, 3.05) is 13.2 Å². The van der Waals surface area contributed by atoms with Gasteiger partial charge in [0.05, 0.1) is 37.4 Å². The summed E-state index contributed by atoms with van der Waals surface area (Å²) in [5.74, 6) is 0.184. The number of benzene rings is 2. The second kappa shape index (κ2) is 11.1. The van der Waals surface area contributed by atoms with Crippen molar-refractivity contribution in [3.63, 3.8) is 0 Å². The number of thiazole rings is 1. The molecule has 6 nitrogen and oxygen atoms in total. The highest BCUT2D eigenvalue weighted by Crippen LogP contribution is 2.35. The van der Waals surface area contributed by atoms with Gasteiger partial charge in [-0.1, -0.05) is 53.8 Å². The van der Waals surface area contributed by atoms with Crippen LogP contribution in [-0.2, 0) is 9.53 Å². The van der Waals surface area contributed by atoms with Crippen LogP contribution in [0.5, 0.6) is 5.75 Å². The molecule has 3 aromatic rings. The molecule has 0 bridgehead atoms. The first-order chi connectivity index (χ1) is 17.2. The number of esters is 1. The number of halogens is 2. The number of allylic oxidation sites excluding steroid dienone is 1. The second-order valence-corrected chi connectivity index (χ2v) is 10.8. The quantitative estimate of drug-likeness (QED) is 0.266. The van der Waals surface area contributed by atoms with Gasteiger partial charge in [-0.3, -0.25) is 9.36 Å². The Labute approximate surface area is 229 Å². The first-order valence-electron chi connectivity index (χ1n) is 11.2. The normalized spacial score (nSPS) is 15.4. The Morgan fingerprint density at radius 2 is 1.86 bits per heavy atom. The molecule has 0 saturated carbocycles. The SMILES string of the molecule is C=CCOc1c(Br)cc(/C=c2\sc3n(c2=O)[C@@H](c2ccc(C)cc2)C(C(=O)OCC)=C(C)N=3)cc1Br. The third kappa shape index (κ3) is 5.19. The average molecular weight is 632 g/mol. The maximum Gasteiger partial charge on any atom is 0.338 e. The van der Waals surface area contributed by atoms with E-state index in [1.807, 2.05) is 49.4 Å². The molecular formula is C27H24Br2N2O4S. The van der Waals surface area contributed by atoms with E-state index < -0.39 is 12.0 Å². The van der Waals surface area contributed by atoms with Gasteiger partial charge in [0.1, 0.15) is 12.4 Å². The zero-order valence-electron chi connectivity index (χ0n) is 20.0. The number of aryl methyl sites for hydroxylation is 1. The molecule has 0 unspecified atom stereocenters. The fourth-order valence-electron chi connectivity index (χ4n) is 3.95. The third-order valence-electron chi connectivity index (χ3n) is 5.57. The van der Waals surface area contributed by atoms with Crippen LogP contribution in [0.1, 0.15) is 36.6 Å². The molecule has 2 heterocycles. The number of hydrogen-bond acceptors (Lipinski definition) is 6. The first-order valence-corrected chi connectivity index (χ1v) is 13.6. The monoisotopic (exact) mass is 630 g/mol. The van der Waals surface area contributed by atoms with Crippen molar-refractivity contribution >= 4 is 55.2 Å². The molecule has 1 aliphatic rings. The van der Waals surface area contributed by atoms with Gasteiger partial charge in [0.25, 0.3) is 5.56 Å². The molecule has 36 heavy (non-hydrogen) atoms. The van der Waals surface area contributed by atoms with Crippen molar-refractivity contribution in [2.24, 2.45) is 4.99 Å². The van der Waals surface area contributed by atoms with Crippen LogP contribution in [-0.4, -0.2) is 23.8 Å². The lowest BCUT2D eigenvalue weighted by Crippen LogP contribution is -2.39. The Morgan fingerprint density at radius 3 is 2.47 bits per heavy atom. The second-order valence-electron chi connectivity index (χ2n) is 8.13. The standard InChI is InChI=1S/C27H24Br2N2O4S/c1-5-11-35-24-19(28)12-17(13-20(24)29)14-21-25(32)31-23(18-9-7-15(3)8-10-18)22(26(33)34-6-2)16(4)30-27(31)36-21/h5,7-10,12-14,23H,1,6,11H2,2-4H3/b21-14-/t23-/m0/s1. The zero-order valence-corrected chi connectivity index (χ0v) is 24.0. The van der Waals surface area contributed by atoms with E-state index in [4.69, 9.17) is 9.47 Å². The number of fused-ring (bicyclic) bond motifs is 1. The van der Waals surface area contributed by atoms with E-state index in [9.17, 15) is 9.59 Å². The van der Waals surface area contributed by atoms with Crippen LogP contribution in [0.25, 0.3) is 6.08 Å². The number of nitrogens with zero attached hydrogens (tertiary/aromatic N) is 2. The first kappa shape index (κ1) is 26.3. The lowest BCUT2D eigenvalue weighted by Gasteiger charge is -2.24. The Hall–Kier alpha value is -2.75. The van der Waals surface area contributed by atoms with Crippen LogP contribution >= 0.6 is 43.2 Å². The van der Waals surface area contributed by atoms with E-state index >= 15 is 0 Å². The maximum absolute atomic E-state index is 13.7. The van der Waals surface area contributed by atoms with Crippen LogP contribution in [0.3, 0.4) is 0 Å². The van der Waals surface area contributed by atoms with Gasteiger partial charge >= 0.3 is 5.97 Å². The number of ether oxygens (including phenoxy) is 2. The minimum atomic E-state index is -0.629. The average Bonchev–Trinajstić information content (AvgIpc) is 3.12. The number of rotatable bonds is 7. The van der Waals surface area contributed by atoms with Crippen LogP contribution in [0.4, 0.5) is 0 Å². The van der Waals surface area contributed by atoms with Crippen LogP contribution < -0.4 is 19.6 Å². The van der Waals surface area contributed by atoms with E-state index in [1.54, 1.807) is 24.5 Å². The molecule has 0 radical (unpaired) electrons. The van der Waals surface area contributed by atoms with Gasteiger partial charge < -0.3 is 9.47 Å². The van der Waals surface area contributed by atoms with E-state index in [2.05, 4.69) is 43.4 Å². The topological polar surface area (TPSA) is 69.9 Å². The molecule has 0 amide bonds. The summed E-state index contributed by atoms with van der Waals surface area (Å²) in [5, 5.41) is 0. The summed E-state index contributed by atoms with van der Waals surface area (Å²) in [6.07, 6.45) is 3.48. The fourth-order valence-corrected chi connectivity index (χ4v) is 6.45. The summed E-state index contributed by atoms with van der Waals surface area (Å²) in [6.45, 7) is 9.81. The lowest BCUT2D eigenvalue weighted by molar-refractivity contribution is -0.139. The number of carbonyl (C=O) groups excluding carboxylic acids is 1. The molecule has 1 atom stereocenters. The van der Waals surface area contributed by atoms with Crippen molar-refractivity contribution in [1.82, 2.24) is 4.57 Å². The summed E-state index contributed by atoms with van der Waals surface area (Å²) in [4.78, 5) is 31.9. The van der Waals surface area contributed by atoms with Gasteiger partial charge in [-0.15, -0.1) is 0 Å². The highest BCUT2D eigenvalue weighted by molar-refractivity contribution is 9.11. The number of aromatic nitrogens is 1. The highest BCUT2D eigenvalue weighted by atomic mass is 79.9. The van der Waals surface area contributed by atoms with Gasteiger partial charge in [0.2, 0.25) is 0 Å². The van der Waals surface area contributed by atoms with Gasteiger partial charge in [0, 0.05) is 0 Å². The molecule has 9 heteroatoms. The van der Waals surface area contributed by atoms with Crippen molar-refractivity contribution < 1.29 is 14.3 Å². The summed E-state index contributed by atoms with van der Waals surface area (Å²) >= 11 is 8.37. The van der Waals surface area contributed by atoms with Crippen molar-refractivity contribution in [3.05, 3.63) is 106 Å². The maximum atomic E-state index is 13.7. The summed E-state index contributed by atoms with van der Waals surface area (Å²) in [6, 6.07) is 10.9. The summed E-state index contributed by atoms with van der Waals surface area (Å²) in [5.41, 5.74) is 3.40. The minimum Gasteiger partial charge on any atom is -0.487 e. The van der Waals surface area contributed by atoms with Gasteiger partial charge in [-0.25, -0.2) is 9.79 Å². The Bertz CT molecular complexity index is 1530. The molecule has 186 valence electrons. The smallest absolute Gasteiger partial charge is 0.338 e. The van der Waals surface area contributed by atoms with Crippen molar-refractivity contribution in [2.45, 2.75) is 26.8 Å². The largest absolute Gasteiger partial charge is 0.487 e. The zero-order chi connectivity index (χ0) is 26.0. The van der Waals surface area contributed by atoms with E-state index in [0.29, 0.717) is 33.0 Å². The Morgan fingerprint density at radius 1 is 1.19 bits per heavy atom. The molecule has 0 spiro atoms. The molecule has 4 rings (SSSR count). The predicted octanol–water partition coefficient (Wildman–Crippen LogP) is 5.20. The molecule has 0 fully saturated rings. The molecule has 1 aromatic heterocycles. The van der Waals surface area contributed by atoms with E-state index in [0.717, 1.165) is 25.6 Å². The molecule has 0 aliphatic carbocycles. The number of hydrogen-bond donors (Lipinski definition) is 0. The minimum absolute atomic E-state index is 0.224. The van der Waals surface area contributed by atoms with Crippen LogP contribution in [0.2, 0.25) is 0 Å². The van der Waals surface area contributed by atoms with Crippen molar-refractivity contribution in [1.29, 1.82) is 0 Å². The van der Waals surface area contributed by atoms with Gasteiger partial charge in [0.15, 0.2) is 4.80 Å². The third-order valence-corrected chi connectivity index (χ3v) is 7.74. The molecule has 0 N–H and O–H groups in total. The Kier molecular flexibility index (Phi) is 8.12. The lowest BCUT2D eigenvalue weighted by atomic mass is 9.95. The molecular weight excluding hydrogens is 608 g/mol. The van der Waals surface area contributed by atoms with Crippen LogP contribution in [0, 0.1) is 6.92 Å². The highest BCUT2D eigenvalue weighted by Gasteiger charge is 2.33. The van der Waals surface area contributed by atoms with E-state index in [-0.39, 0.29) is 12.2 Å². The van der Waals surface area contributed by atoms with Crippen molar-refractivity contribution in [3.8, 4) is 5.75 Å². The molecule has 0 saturated heterocycles. The Balaban J connectivity index is 1.89. The van der Waals surface area contributed by atoms with E-state index in [1.165, 1.54) is 11.3 Å². The number of carbonyl (C=O) groups is 1. The summed E-state index contributed by atoms with van der Waals surface area (Å²) < 4.78 is 14.6. The van der Waals surface area contributed by atoms with Gasteiger partial charge in [-0.05, 0) is 82.0 Å². The fraction of sp³-hybridized carbons (Fsp3) is 0.222.